The number of carbonyl (C=O) groups excluding carboxylic acids is 1. The van der Waals surface area contributed by atoms with Crippen molar-refractivity contribution < 1.29 is 4.79 Å². The van der Waals surface area contributed by atoms with Gasteiger partial charge < -0.3 is 5.32 Å². The lowest BCUT2D eigenvalue weighted by Gasteiger charge is -2.17. The molecule has 0 aromatic heterocycles. The Morgan fingerprint density at radius 3 is 3.00 bits per heavy atom. The fourth-order valence-corrected chi connectivity index (χ4v) is 0.455. The molecule has 0 atom stereocenters. The van der Waals surface area contributed by atoms with Gasteiger partial charge in [-0.25, -0.2) is 5.84 Å². The van der Waals surface area contributed by atoms with E-state index in [0.717, 1.165) is 5.01 Å². The third-order valence-corrected chi connectivity index (χ3v) is 0.888. The van der Waals surface area contributed by atoms with E-state index in [1.165, 1.54) is 6.08 Å². The Kier molecular flexibility index (Phi) is 1.17. The van der Waals surface area contributed by atoms with E-state index < -0.39 is 0 Å². The summed E-state index contributed by atoms with van der Waals surface area (Å²) in [6, 6.07) is 0. The normalized spacial score (nSPS) is 18.6. The molecule has 0 spiro atoms. The molecule has 4 nitrogen and oxygen atoms in total. The minimum absolute atomic E-state index is 0.163. The van der Waals surface area contributed by atoms with Crippen LogP contribution in [0.2, 0.25) is 0 Å². The molecule has 0 fully saturated rings. The maximum atomic E-state index is 10.5. The zero-order chi connectivity index (χ0) is 5.98. The Morgan fingerprint density at radius 1 is 1.88 bits per heavy atom. The molecule has 0 aromatic carbocycles. The number of nitrogens with zero attached hydrogens (tertiary/aromatic N) is 1. The summed E-state index contributed by atoms with van der Waals surface area (Å²) >= 11 is 0. The fourth-order valence-electron chi connectivity index (χ4n) is 0.455. The van der Waals surface area contributed by atoms with Crippen LogP contribution in [0.1, 0.15) is 0 Å². The van der Waals surface area contributed by atoms with Gasteiger partial charge in [-0.1, -0.05) is 0 Å². The minimum Gasteiger partial charge on any atom is -0.372 e. The van der Waals surface area contributed by atoms with Crippen molar-refractivity contribution in [2.24, 2.45) is 5.84 Å². The molecule has 0 saturated heterocycles. The summed E-state index contributed by atoms with van der Waals surface area (Å²) in [5.74, 6) is 4.99. The van der Waals surface area contributed by atoms with Crippen LogP contribution in [-0.4, -0.2) is 17.6 Å². The van der Waals surface area contributed by atoms with Crippen molar-refractivity contribution in [1.29, 1.82) is 0 Å². The summed E-state index contributed by atoms with van der Waals surface area (Å²) in [5.41, 5.74) is 0. The van der Waals surface area contributed by atoms with Crippen LogP contribution < -0.4 is 11.2 Å². The molecule has 1 aliphatic rings. The number of amides is 1. The van der Waals surface area contributed by atoms with Crippen LogP contribution in [0.5, 0.6) is 0 Å². The number of nitrogens with one attached hydrogen (secondary N) is 1. The van der Waals surface area contributed by atoms with Crippen molar-refractivity contribution >= 4 is 5.91 Å². The summed E-state index contributed by atoms with van der Waals surface area (Å²) in [4.78, 5) is 10.5. The lowest BCUT2D eigenvalue weighted by molar-refractivity contribution is -0.127. The number of rotatable bonds is 0. The molecule has 1 amide bonds. The van der Waals surface area contributed by atoms with E-state index in [4.69, 9.17) is 5.84 Å². The molecule has 1 aliphatic heterocycles. The van der Waals surface area contributed by atoms with E-state index in [2.05, 4.69) is 5.32 Å². The SMILES string of the molecule is NN1CNC=CC1=O. The van der Waals surface area contributed by atoms with Gasteiger partial charge in [0.1, 0.15) is 6.67 Å². The first-order chi connectivity index (χ1) is 3.80. The third-order valence-electron chi connectivity index (χ3n) is 0.888. The first-order valence-corrected chi connectivity index (χ1v) is 2.27. The van der Waals surface area contributed by atoms with Crippen molar-refractivity contribution in [3.05, 3.63) is 12.3 Å². The van der Waals surface area contributed by atoms with Crippen molar-refractivity contribution in [3.63, 3.8) is 0 Å². The van der Waals surface area contributed by atoms with Crippen LogP contribution in [0.3, 0.4) is 0 Å². The highest BCUT2D eigenvalue weighted by molar-refractivity contribution is 5.87. The van der Waals surface area contributed by atoms with Gasteiger partial charge in [-0.2, -0.15) is 0 Å². The average molecular weight is 113 g/mol. The standard InChI is InChI=1S/C4H7N3O/c5-7-3-6-2-1-4(7)8/h1-2,6H,3,5H2. The highest BCUT2D eigenvalue weighted by atomic mass is 16.2. The van der Waals surface area contributed by atoms with Gasteiger partial charge >= 0.3 is 0 Å². The molecule has 1 rings (SSSR count). The molecule has 0 unspecified atom stereocenters. The van der Waals surface area contributed by atoms with Gasteiger partial charge in [0.2, 0.25) is 0 Å². The van der Waals surface area contributed by atoms with Gasteiger partial charge in [0.25, 0.3) is 5.91 Å². The molecule has 0 saturated carbocycles. The smallest absolute Gasteiger partial charge is 0.263 e. The number of hydrazine groups is 1. The fraction of sp³-hybridized carbons (Fsp3) is 0.250. The molecular weight excluding hydrogens is 106 g/mol. The van der Waals surface area contributed by atoms with E-state index in [-0.39, 0.29) is 5.91 Å². The Balaban J connectivity index is 2.60. The van der Waals surface area contributed by atoms with Crippen LogP contribution in [0.25, 0.3) is 0 Å². The van der Waals surface area contributed by atoms with Crippen LogP contribution >= 0.6 is 0 Å². The van der Waals surface area contributed by atoms with E-state index in [9.17, 15) is 4.79 Å². The topological polar surface area (TPSA) is 58.4 Å². The number of hydrogen-bond donors (Lipinski definition) is 2. The monoisotopic (exact) mass is 113 g/mol. The van der Waals surface area contributed by atoms with Gasteiger partial charge in [0.05, 0.1) is 0 Å². The summed E-state index contributed by atoms with van der Waals surface area (Å²) in [5, 5.41) is 3.86. The van der Waals surface area contributed by atoms with Crippen molar-refractivity contribution in [2.75, 3.05) is 6.67 Å². The minimum atomic E-state index is -0.163. The zero-order valence-corrected chi connectivity index (χ0v) is 4.29. The van der Waals surface area contributed by atoms with E-state index >= 15 is 0 Å². The van der Waals surface area contributed by atoms with Gasteiger partial charge in [-0.15, -0.1) is 0 Å². The van der Waals surface area contributed by atoms with Crippen molar-refractivity contribution in [1.82, 2.24) is 10.3 Å². The van der Waals surface area contributed by atoms with Crippen LogP contribution in [0.15, 0.2) is 12.3 Å². The van der Waals surface area contributed by atoms with Gasteiger partial charge in [-0.05, 0) is 0 Å². The first kappa shape index (κ1) is 5.11. The van der Waals surface area contributed by atoms with E-state index in [1.807, 2.05) is 0 Å². The van der Waals surface area contributed by atoms with Gasteiger partial charge in [-0.3, -0.25) is 9.80 Å². The molecular formula is C4H7N3O. The van der Waals surface area contributed by atoms with Crippen LogP contribution in [0, 0.1) is 0 Å². The average Bonchev–Trinajstić information content (AvgIpc) is 1.77. The zero-order valence-electron chi connectivity index (χ0n) is 4.29. The summed E-state index contributed by atoms with van der Waals surface area (Å²) in [6.07, 6.45) is 2.95. The highest BCUT2D eigenvalue weighted by Crippen LogP contribution is 1.84. The Labute approximate surface area is 46.9 Å². The Hall–Kier alpha value is -1.03. The Morgan fingerprint density at radius 2 is 2.62 bits per heavy atom. The molecule has 1 heterocycles. The molecule has 8 heavy (non-hydrogen) atoms. The van der Waals surface area contributed by atoms with Crippen molar-refractivity contribution in [2.45, 2.75) is 0 Å². The maximum Gasteiger partial charge on any atom is 0.263 e. The van der Waals surface area contributed by atoms with Crippen molar-refractivity contribution in [3.8, 4) is 0 Å². The molecule has 0 bridgehead atoms. The second-order valence-electron chi connectivity index (χ2n) is 1.50. The predicted octanol–water partition coefficient (Wildman–Crippen LogP) is -1.24. The van der Waals surface area contributed by atoms with Gasteiger partial charge in [0, 0.05) is 12.3 Å². The first-order valence-electron chi connectivity index (χ1n) is 2.27. The maximum absolute atomic E-state index is 10.5. The molecule has 0 aromatic rings. The molecule has 3 N–H and O–H groups in total. The van der Waals surface area contributed by atoms with E-state index in [0.29, 0.717) is 6.67 Å². The summed E-state index contributed by atoms with van der Waals surface area (Å²) in [6.45, 7) is 0.398. The molecule has 4 heteroatoms. The highest BCUT2D eigenvalue weighted by Gasteiger charge is 2.06. The van der Waals surface area contributed by atoms with E-state index in [1.54, 1.807) is 6.20 Å². The largest absolute Gasteiger partial charge is 0.372 e. The third kappa shape index (κ3) is 0.788. The Bertz CT molecular complexity index is 131. The number of carbonyl (C=O) groups is 1. The summed E-state index contributed by atoms with van der Waals surface area (Å²) < 4.78 is 0. The summed E-state index contributed by atoms with van der Waals surface area (Å²) in [7, 11) is 0. The number of hydrogen-bond acceptors (Lipinski definition) is 3. The molecule has 0 aliphatic carbocycles. The second kappa shape index (κ2) is 1.83. The van der Waals surface area contributed by atoms with Crippen LogP contribution in [0.4, 0.5) is 0 Å². The second-order valence-corrected chi connectivity index (χ2v) is 1.50. The van der Waals surface area contributed by atoms with Gasteiger partial charge in [0.15, 0.2) is 0 Å². The number of nitrogens with two attached hydrogens (primary N) is 1. The quantitative estimate of drug-likeness (QED) is 0.305. The van der Waals surface area contributed by atoms with Crippen LogP contribution in [-0.2, 0) is 4.79 Å². The lowest BCUT2D eigenvalue weighted by atomic mass is 10.5. The molecule has 44 valence electrons. The predicted molar refractivity (Wildman–Crippen MR) is 28.2 cm³/mol. The lowest BCUT2D eigenvalue weighted by Crippen LogP contribution is -2.44. The molecule has 0 radical (unpaired) electrons.